The molecule has 2 amide bonds. The number of carbonyl (C=O) groups excluding carboxylic acids is 2. The van der Waals surface area contributed by atoms with Gasteiger partial charge in [-0.15, -0.1) is 0 Å². The Morgan fingerprint density at radius 3 is 2.61 bits per heavy atom. The number of hydrogen-bond acceptors (Lipinski definition) is 4. The predicted octanol–water partition coefficient (Wildman–Crippen LogP) is 3.96. The average molecular weight is 388 g/mol. The Balaban J connectivity index is 2.16. The molecule has 0 spiro atoms. The highest BCUT2D eigenvalue weighted by molar-refractivity contribution is 5.86. The maximum absolute atomic E-state index is 11.8. The second kappa shape index (κ2) is 15.4. The Morgan fingerprint density at radius 2 is 1.86 bits per heavy atom. The van der Waals surface area contributed by atoms with Crippen LogP contribution in [0.1, 0.15) is 63.9 Å². The van der Waals surface area contributed by atoms with E-state index in [0.717, 1.165) is 18.4 Å². The summed E-state index contributed by atoms with van der Waals surface area (Å²) in [5.41, 5.74) is 3.20. The van der Waals surface area contributed by atoms with Crippen molar-refractivity contribution in [3.8, 4) is 5.75 Å². The molecule has 0 aliphatic carbocycles. The molecule has 28 heavy (non-hydrogen) atoms. The van der Waals surface area contributed by atoms with Gasteiger partial charge in [-0.25, -0.2) is 5.43 Å². The average Bonchev–Trinajstić information content (AvgIpc) is 2.70. The molecule has 1 aromatic carbocycles. The lowest BCUT2D eigenvalue weighted by atomic mass is 10.1. The number of nitrogens with one attached hydrogen (secondary N) is 2. The van der Waals surface area contributed by atoms with Crippen molar-refractivity contribution in [2.45, 2.75) is 58.3 Å². The Labute approximate surface area is 168 Å². The first-order valence-corrected chi connectivity index (χ1v) is 10.1. The van der Waals surface area contributed by atoms with E-state index in [1.165, 1.54) is 38.3 Å². The molecule has 1 aromatic rings. The van der Waals surface area contributed by atoms with E-state index in [-0.39, 0.29) is 18.4 Å². The van der Waals surface area contributed by atoms with Crippen LogP contribution in [0.15, 0.2) is 42.0 Å². The highest BCUT2D eigenvalue weighted by atomic mass is 16.5. The number of carbonyl (C=O) groups is 2. The SMILES string of the molecule is C=CCOc1cccc(C=NNC(=O)CNC(=O)CCCCCCCCC)c1. The molecule has 0 fully saturated rings. The zero-order valence-corrected chi connectivity index (χ0v) is 16.9. The number of rotatable bonds is 15. The summed E-state index contributed by atoms with van der Waals surface area (Å²) < 4.78 is 5.44. The Morgan fingerprint density at radius 1 is 1.11 bits per heavy atom. The standard InChI is InChI=1S/C22H33N3O3/c1-3-5-6-7-8-9-10-14-21(26)23-18-22(27)25-24-17-19-12-11-13-20(16-19)28-15-4-2/h4,11-13,16-17H,2-3,5-10,14-15,18H2,1H3,(H,23,26)(H,25,27). The lowest BCUT2D eigenvalue weighted by molar-refractivity contribution is -0.126. The largest absolute Gasteiger partial charge is 0.490 e. The number of amides is 2. The fourth-order valence-corrected chi connectivity index (χ4v) is 2.57. The van der Waals surface area contributed by atoms with E-state index in [1.807, 2.05) is 24.3 Å². The molecule has 0 unspecified atom stereocenters. The van der Waals surface area contributed by atoms with E-state index in [9.17, 15) is 9.59 Å². The Bertz CT molecular complexity index is 629. The summed E-state index contributed by atoms with van der Waals surface area (Å²) in [6.45, 7) is 6.15. The molecule has 0 aliphatic rings. The van der Waals surface area contributed by atoms with Gasteiger partial charge in [-0.2, -0.15) is 5.10 Å². The normalized spacial score (nSPS) is 10.6. The molecule has 0 saturated heterocycles. The molecule has 0 saturated carbocycles. The van der Waals surface area contributed by atoms with Crippen LogP contribution in [-0.2, 0) is 9.59 Å². The monoisotopic (exact) mass is 387 g/mol. The molecule has 154 valence electrons. The Kier molecular flexibility index (Phi) is 12.9. The van der Waals surface area contributed by atoms with Crippen molar-refractivity contribution in [3.05, 3.63) is 42.5 Å². The van der Waals surface area contributed by atoms with Crippen LogP contribution < -0.4 is 15.5 Å². The molecule has 6 nitrogen and oxygen atoms in total. The molecular weight excluding hydrogens is 354 g/mol. The second-order valence-corrected chi connectivity index (χ2v) is 6.61. The van der Waals surface area contributed by atoms with Gasteiger partial charge in [0.1, 0.15) is 12.4 Å². The molecule has 6 heteroatoms. The summed E-state index contributed by atoms with van der Waals surface area (Å²) in [5.74, 6) is 0.246. The lowest BCUT2D eigenvalue weighted by Gasteiger charge is -2.05. The van der Waals surface area contributed by atoms with Crippen LogP contribution in [0, 0.1) is 0 Å². The summed E-state index contributed by atoms with van der Waals surface area (Å²) in [5, 5.41) is 6.52. The van der Waals surface area contributed by atoms with Gasteiger partial charge in [0.25, 0.3) is 5.91 Å². The number of ether oxygens (including phenoxy) is 1. The van der Waals surface area contributed by atoms with E-state index in [0.29, 0.717) is 18.8 Å². The first-order valence-electron chi connectivity index (χ1n) is 10.1. The molecule has 0 aliphatic heterocycles. The van der Waals surface area contributed by atoms with Crippen LogP contribution in [0.5, 0.6) is 5.75 Å². The summed E-state index contributed by atoms with van der Waals surface area (Å²) in [7, 11) is 0. The van der Waals surface area contributed by atoms with E-state index < -0.39 is 0 Å². The van der Waals surface area contributed by atoms with Crippen LogP contribution in [0.25, 0.3) is 0 Å². The zero-order chi connectivity index (χ0) is 20.5. The minimum absolute atomic E-state index is 0.0742. The fourth-order valence-electron chi connectivity index (χ4n) is 2.57. The summed E-state index contributed by atoms with van der Waals surface area (Å²) >= 11 is 0. The van der Waals surface area contributed by atoms with Crippen molar-refractivity contribution in [3.63, 3.8) is 0 Å². The molecule has 0 aromatic heterocycles. The van der Waals surface area contributed by atoms with Crippen molar-refractivity contribution >= 4 is 18.0 Å². The summed E-state index contributed by atoms with van der Waals surface area (Å²) in [4.78, 5) is 23.5. The van der Waals surface area contributed by atoms with E-state index in [1.54, 1.807) is 6.08 Å². The number of benzene rings is 1. The van der Waals surface area contributed by atoms with Gasteiger partial charge in [-0.3, -0.25) is 9.59 Å². The summed E-state index contributed by atoms with van der Waals surface area (Å²) in [6.07, 6.45) is 11.8. The highest BCUT2D eigenvalue weighted by Crippen LogP contribution is 2.11. The third kappa shape index (κ3) is 11.9. The van der Waals surface area contributed by atoms with E-state index >= 15 is 0 Å². The van der Waals surface area contributed by atoms with E-state index in [4.69, 9.17) is 4.74 Å². The highest BCUT2D eigenvalue weighted by Gasteiger charge is 2.04. The van der Waals surface area contributed by atoms with E-state index in [2.05, 4.69) is 29.3 Å². The first kappa shape index (κ1) is 23.4. The van der Waals surface area contributed by atoms with Crippen molar-refractivity contribution < 1.29 is 14.3 Å². The van der Waals surface area contributed by atoms with Crippen LogP contribution >= 0.6 is 0 Å². The smallest absolute Gasteiger partial charge is 0.259 e. The minimum Gasteiger partial charge on any atom is -0.490 e. The van der Waals surface area contributed by atoms with Crippen LogP contribution in [0.4, 0.5) is 0 Å². The molecular formula is C22H33N3O3. The van der Waals surface area contributed by atoms with Gasteiger partial charge < -0.3 is 10.1 Å². The third-order valence-electron chi connectivity index (χ3n) is 4.08. The molecule has 1 rings (SSSR count). The maximum Gasteiger partial charge on any atom is 0.259 e. The molecule has 0 radical (unpaired) electrons. The van der Waals surface area contributed by atoms with Crippen LogP contribution in [0.2, 0.25) is 0 Å². The molecule has 0 atom stereocenters. The fraction of sp³-hybridized carbons (Fsp3) is 0.500. The molecule has 0 heterocycles. The zero-order valence-electron chi connectivity index (χ0n) is 16.9. The van der Waals surface area contributed by atoms with Gasteiger partial charge in [-0.1, -0.05) is 70.2 Å². The second-order valence-electron chi connectivity index (χ2n) is 6.61. The quantitative estimate of drug-likeness (QED) is 0.207. The number of hydrazone groups is 1. The number of unbranched alkanes of at least 4 members (excludes halogenated alkanes) is 6. The van der Waals surface area contributed by atoms with Crippen LogP contribution in [0.3, 0.4) is 0 Å². The number of hydrogen-bond donors (Lipinski definition) is 2. The van der Waals surface area contributed by atoms with Gasteiger partial charge >= 0.3 is 0 Å². The molecule has 0 bridgehead atoms. The van der Waals surface area contributed by atoms with Crippen molar-refractivity contribution in [2.75, 3.05) is 13.2 Å². The lowest BCUT2D eigenvalue weighted by Crippen LogP contribution is -2.34. The minimum atomic E-state index is -0.358. The topological polar surface area (TPSA) is 79.8 Å². The van der Waals surface area contributed by atoms with Gasteiger partial charge in [0, 0.05) is 6.42 Å². The summed E-state index contributed by atoms with van der Waals surface area (Å²) in [6, 6.07) is 7.33. The number of nitrogens with zero attached hydrogens (tertiary/aromatic N) is 1. The first-order chi connectivity index (χ1) is 13.7. The maximum atomic E-state index is 11.8. The Hall–Kier alpha value is -2.63. The van der Waals surface area contributed by atoms with Crippen molar-refractivity contribution in [1.29, 1.82) is 0 Å². The third-order valence-corrected chi connectivity index (χ3v) is 4.08. The van der Waals surface area contributed by atoms with Crippen molar-refractivity contribution in [1.82, 2.24) is 10.7 Å². The van der Waals surface area contributed by atoms with Crippen LogP contribution in [-0.4, -0.2) is 31.2 Å². The molecule has 2 N–H and O–H groups in total. The predicted molar refractivity (Wildman–Crippen MR) is 113 cm³/mol. The van der Waals surface area contributed by atoms with Crippen molar-refractivity contribution in [2.24, 2.45) is 5.10 Å². The van der Waals surface area contributed by atoms with Gasteiger partial charge in [0.2, 0.25) is 5.91 Å². The van der Waals surface area contributed by atoms with Gasteiger partial charge in [0.05, 0.1) is 12.8 Å². The van der Waals surface area contributed by atoms with Gasteiger partial charge in [-0.05, 0) is 24.1 Å². The van der Waals surface area contributed by atoms with Gasteiger partial charge in [0.15, 0.2) is 0 Å².